The van der Waals surface area contributed by atoms with Gasteiger partial charge in [0.25, 0.3) is 0 Å². The van der Waals surface area contributed by atoms with Gasteiger partial charge < -0.3 is 18.3 Å². The molecule has 9 aromatic rings. The first-order valence-electron chi connectivity index (χ1n) is 28.0. The molecule has 0 aliphatic rings. The normalized spacial score (nSPS) is 7.61. The van der Waals surface area contributed by atoms with E-state index in [1.807, 2.05) is 23.6 Å². The maximum Gasteiger partial charge on any atom is 0.213 e. The lowest BCUT2D eigenvalue weighted by Gasteiger charge is -1.79. The van der Waals surface area contributed by atoms with Gasteiger partial charge >= 0.3 is 0 Å². The van der Waals surface area contributed by atoms with E-state index in [9.17, 15) is 0 Å². The van der Waals surface area contributed by atoms with Crippen LogP contribution in [-0.2, 0) is 0 Å². The molecule has 0 unspecified atom stereocenters. The quantitative estimate of drug-likeness (QED) is 0.149. The molecular formula is C71H153N15O3S3. The number of aromatic amines is 1. The molecule has 1 N–H and O–H groups in total. The van der Waals surface area contributed by atoms with Gasteiger partial charge in [0.05, 0.1) is 18.0 Å². The molecule has 0 bridgehead atoms. The fraction of sp³-hybridized carbons (Fsp3) is 0.634. The van der Waals surface area contributed by atoms with Crippen LogP contribution in [0.1, 0.15) is 254 Å². The number of nitrogens with zero attached hydrogens (tertiary/aromatic N) is 14. The molecule has 548 valence electrons. The van der Waals surface area contributed by atoms with E-state index in [1.165, 1.54) is 73.7 Å². The number of rotatable bonds is 0. The van der Waals surface area contributed by atoms with E-state index in [0.717, 1.165) is 53.3 Å². The summed E-state index contributed by atoms with van der Waals surface area (Å²) in [5.74, 6) is 7.50. The summed E-state index contributed by atoms with van der Waals surface area (Å²) < 4.78 is 16.7. The van der Waals surface area contributed by atoms with Crippen LogP contribution >= 0.6 is 34.2 Å². The van der Waals surface area contributed by atoms with Gasteiger partial charge in [0.2, 0.25) is 19.2 Å². The third-order valence-corrected chi connectivity index (χ3v) is 4.66. The lowest BCUT2D eigenvalue weighted by Crippen LogP contribution is -1.66. The fourth-order valence-corrected chi connectivity index (χ4v) is 2.57. The van der Waals surface area contributed by atoms with Crippen LogP contribution in [0.4, 0.5) is 0 Å². The maximum atomic E-state index is 4.47. The third-order valence-electron chi connectivity index (χ3n) is 3.28. The fourth-order valence-electron chi connectivity index (χ4n) is 1.68. The number of oxazole rings is 1. The van der Waals surface area contributed by atoms with Crippen molar-refractivity contribution in [1.29, 1.82) is 0 Å². The Morgan fingerprint density at radius 3 is 0.815 bits per heavy atom. The van der Waals surface area contributed by atoms with Gasteiger partial charge in [0, 0.05) is 48.8 Å². The summed E-state index contributed by atoms with van der Waals surface area (Å²) in [4.78, 5) is 31.9. The third kappa shape index (κ3) is 346. The maximum absolute atomic E-state index is 4.47. The summed E-state index contributed by atoms with van der Waals surface area (Å²) >= 11 is 4.44. The second-order valence-electron chi connectivity index (χ2n) is 21.9. The summed E-state index contributed by atoms with van der Waals surface area (Å²) in [7, 11) is 0. The molecule has 0 aromatic carbocycles. The molecule has 0 fully saturated rings. The highest BCUT2D eigenvalue weighted by molar-refractivity contribution is 7.07. The van der Waals surface area contributed by atoms with Crippen molar-refractivity contribution in [3.05, 3.63) is 158 Å². The summed E-state index contributed by atoms with van der Waals surface area (Å²) in [5.41, 5.74) is 6.83. The molecule has 9 heterocycles. The number of hydrogen-bond acceptors (Lipinski definition) is 20. The van der Waals surface area contributed by atoms with Crippen molar-refractivity contribution in [2.45, 2.75) is 254 Å². The van der Waals surface area contributed by atoms with Gasteiger partial charge in [-0.05, 0) is 83.0 Å². The highest BCUT2D eigenvalue weighted by Crippen LogP contribution is 1.87. The van der Waals surface area contributed by atoms with Crippen LogP contribution < -0.4 is 0 Å². The molecular weight excluding hydrogens is 1210 g/mol. The number of nitrogens with one attached hydrogen (secondary N) is 1. The first-order chi connectivity index (χ1) is 39.1. The molecule has 92 heavy (non-hydrogen) atoms. The van der Waals surface area contributed by atoms with Crippen LogP contribution in [0.3, 0.4) is 0 Å². The predicted molar refractivity (Wildman–Crippen MR) is 417 cm³/mol. The second-order valence-corrected chi connectivity index (χ2v) is 24.0. The predicted octanol–water partition coefficient (Wildman–Crippen LogP) is 25.7. The highest BCUT2D eigenvalue weighted by atomic mass is 32.1. The van der Waals surface area contributed by atoms with Crippen molar-refractivity contribution in [2.75, 3.05) is 0 Å². The monoisotopic (exact) mass is 1360 g/mol. The van der Waals surface area contributed by atoms with Crippen LogP contribution in [0.25, 0.3) is 0 Å². The van der Waals surface area contributed by atoms with Crippen LogP contribution in [0, 0.1) is 53.3 Å². The minimum absolute atomic E-state index is 0. The molecule has 9 rings (SSSR count). The first kappa shape index (κ1) is 134. The molecule has 0 aliphatic carbocycles. The van der Waals surface area contributed by atoms with Crippen molar-refractivity contribution in [2.24, 2.45) is 53.3 Å². The zero-order chi connectivity index (χ0) is 65.4. The van der Waals surface area contributed by atoms with Crippen LogP contribution in [0.5, 0.6) is 0 Å². The number of thiazole rings is 1. The SMILES string of the molecule is C.C.C.C.C.C.C.C.C.CC(C)C.CC(C)C.CC(C)C.CC(C)C.CC(C)C.CC(C)C.CC(C)C.CC(C)C.CC(C)C.c1c[nH]cn1.c1ccncc1.c1cncnc1.c1cocn1.c1cscn1.c1ncon1.c1ncsn1.c1nnco1.c1nncs1. The van der Waals surface area contributed by atoms with E-state index in [-0.39, 0.29) is 66.8 Å². The van der Waals surface area contributed by atoms with E-state index in [4.69, 9.17) is 0 Å². The summed E-state index contributed by atoms with van der Waals surface area (Å²) in [5, 5.41) is 18.8. The van der Waals surface area contributed by atoms with E-state index in [2.05, 4.69) is 275 Å². The zero-order valence-electron chi connectivity index (χ0n) is 56.4. The Morgan fingerprint density at radius 1 is 0.304 bits per heavy atom. The van der Waals surface area contributed by atoms with Crippen LogP contribution in [-0.4, -0.2) is 74.8 Å². The molecule has 21 heteroatoms. The summed E-state index contributed by atoms with van der Waals surface area (Å²) in [6.45, 7) is 58.5. The van der Waals surface area contributed by atoms with Gasteiger partial charge in [-0.25, -0.2) is 29.9 Å². The molecule has 0 radical (unpaired) electrons. The van der Waals surface area contributed by atoms with E-state index < -0.39 is 0 Å². The van der Waals surface area contributed by atoms with Gasteiger partial charge in [-0.1, -0.05) is 265 Å². The van der Waals surface area contributed by atoms with Crippen molar-refractivity contribution >= 4 is 34.2 Å². The Kier molecular flexibility index (Phi) is 189. The minimum atomic E-state index is 0. The summed E-state index contributed by atoms with van der Waals surface area (Å²) in [6.07, 6.45) is 26.3. The molecule has 18 nitrogen and oxygen atoms in total. The smallest absolute Gasteiger partial charge is 0.213 e. The average molecular weight is 1360 g/mol. The number of H-pyrrole nitrogens is 1. The van der Waals surface area contributed by atoms with Gasteiger partial charge in [-0.3, -0.25) is 9.97 Å². The van der Waals surface area contributed by atoms with Crippen LogP contribution in [0.15, 0.2) is 172 Å². The topological polar surface area (TPSA) is 236 Å². The number of imidazole rings is 1. The van der Waals surface area contributed by atoms with Crippen molar-refractivity contribution < 1.29 is 13.4 Å². The Morgan fingerprint density at radius 2 is 0.717 bits per heavy atom. The van der Waals surface area contributed by atoms with Crippen LogP contribution in [0.2, 0.25) is 0 Å². The average Bonchev–Trinajstić information content (AvgIpc) is 4.23. The van der Waals surface area contributed by atoms with Crippen molar-refractivity contribution in [1.82, 2.24) is 74.8 Å². The van der Waals surface area contributed by atoms with Crippen molar-refractivity contribution in [3.8, 4) is 0 Å². The van der Waals surface area contributed by atoms with Gasteiger partial charge in [0.15, 0.2) is 12.7 Å². The van der Waals surface area contributed by atoms with Crippen molar-refractivity contribution in [3.63, 3.8) is 0 Å². The first-order valence-corrected chi connectivity index (χ1v) is 30.7. The Hall–Kier alpha value is -6.32. The molecule has 0 saturated carbocycles. The van der Waals surface area contributed by atoms with E-state index in [0.29, 0.717) is 0 Å². The molecule has 0 aliphatic heterocycles. The number of hydrogen-bond donors (Lipinski definition) is 1. The molecule has 0 atom stereocenters. The Labute approximate surface area is 584 Å². The minimum Gasteiger partial charge on any atom is -0.452 e. The lowest BCUT2D eigenvalue weighted by molar-refractivity contribution is 0.416. The molecule has 0 saturated heterocycles. The second kappa shape index (κ2) is 129. The standard InChI is InChI=1S/C5H5N.C4H4N2.9C4H10.C3H4N2.C3H3NO.C3H3NS.2C2H2N2O.2C2H2N2S.9CH4/c1-2-4-6-5-3-1;1-2-5-4-6-3-1;9*1-4(2)3;3*1-2-5-3-4-1;1-3-4-2-5-1;1-3-2-5-4-1;1-3-4-2-5-1;1-3-2-5-4-1;;;;;;;;;/h1-5H;1-4H;9*4H,1-3H3;1-3H,(H,4,5);2*1-3H;4*1-2H;9*1H4. The Bertz CT molecular complexity index is 1460. The zero-order valence-corrected chi connectivity index (χ0v) is 58.9. The van der Waals surface area contributed by atoms with Gasteiger partial charge in [0.1, 0.15) is 35.4 Å². The van der Waals surface area contributed by atoms with Gasteiger partial charge in [-0.2, -0.15) is 4.37 Å². The molecule has 0 amide bonds. The molecule has 0 spiro atoms. The lowest BCUT2D eigenvalue weighted by atomic mass is 10.3. The number of pyridine rings is 1. The van der Waals surface area contributed by atoms with E-state index in [1.54, 1.807) is 95.3 Å². The van der Waals surface area contributed by atoms with Gasteiger partial charge in [-0.15, -0.1) is 43.1 Å². The van der Waals surface area contributed by atoms with E-state index >= 15 is 0 Å². The highest BCUT2D eigenvalue weighted by Gasteiger charge is 1.72. The Balaban J connectivity index is -0.0000000393. The summed E-state index contributed by atoms with van der Waals surface area (Å²) in [6, 6.07) is 7.49. The molecule has 9 aromatic heterocycles. The largest absolute Gasteiger partial charge is 0.452 e. The number of aromatic nitrogens is 15.